The number of nitrogens with one attached hydrogen (secondary N) is 1. The fourth-order valence-corrected chi connectivity index (χ4v) is 2.26. The summed E-state index contributed by atoms with van der Waals surface area (Å²) in [4.78, 5) is 36.7. The van der Waals surface area contributed by atoms with Gasteiger partial charge in [0.2, 0.25) is 5.91 Å². The molecule has 0 radical (unpaired) electrons. The second-order valence-corrected chi connectivity index (χ2v) is 5.46. The summed E-state index contributed by atoms with van der Waals surface area (Å²) in [5.74, 6) is -1.34. The Labute approximate surface area is 121 Å². The zero-order valence-corrected chi connectivity index (χ0v) is 12.0. The number of hydrogen-bond donors (Lipinski definition) is 1. The molecule has 0 aromatic heterocycles. The first-order chi connectivity index (χ1) is 9.41. The van der Waals surface area contributed by atoms with Gasteiger partial charge in [-0.2, -0.15) is 0 Å². The first kappa shape index (κ1) is 14.5. The molecule has 1 aliphatic rings. The quantitative estimate of drug-likeness (QED) is 0.859. The summed E-state index contributed by atoms with van der Waals surface area (Å²) in [5.41, 5.74) is 0.572. The molecule has 1 heterocycles. The minimum atomic E-state index is -0.715. The monoisotopic (exact) mass is 294 g/mol. The Bertz CT molecular complexity index is 584. The van der Waals surface area contributed by atoms with E-state index in [0.717, 1.165) is 4.90 Å². The molecule has 1 N–H and O–H groups in total. The maximum Gasteiger partial charge on any atom is 0.300 e. The molecule has 6 heteroatoms. The van der Waals surface area contributed by atoms with Crippen LogP contribution in [-0.2, 0) is 9.59 Å². The number of para-hydroxylation sites is 1. The van der Waals surface area contributed by atoms with Gasteiger partial charge in [0.05, 0.1) is 16.3 Å². The second-order valence-electron chi connectivity index (χ2n) is 5.05. The molecular weight excluding hydrogens is 280 g/mol. The van der Waals surface area contributed by atoms with Crippen molar-refractivity contribution < 1.29 is 14.4 Å². The maximum absolute atomic E-state index is 11.9. The van der Waals surface area contributed by atoms with E-state index in [2.05, 4.69) is 5.32 Å². The average molecular weight is 295 g/mol. The Morgan fingerprint density at radius 3 is 2.70 bits per heavy atom. The Kier molecular flexibility index (Phi) is 4.09. The van der Waals surface area contributed by atoms with Crippen molar-refractivity contribution >= 4 is 34.9 Å². The summed E-state index contributed by atoms with van der Waals surface area (Å²) < 4.78 is 0. The number of carbonyl (C=O) groups is 3. The molecule has 0 bridgehead atoms. The lowest BCUT2D eigenvalue weighted by molar-refractivity contribution is -0.122. The van der Waals surface area contributed by atoms with Gasteiger partial charge in [0, 0.05) is 6.54 Å². The van der Waals surface area contributed by atoms with Gasteiger partial charge in [-0.1, -0.05) is 31.5 Å². The van der Waals surface area contributed by atoms with Crippen LogP contribution in [0.1, 0.15) is 24.2 Å². The maximum atomic E-state index is 11.9. The van der Waals surface area contributed by atoms with Gasteiger partial charge in [-0.15, -0.1) is 0 Å². The molecule has 106 valence electrons. The standard InChI is InChI=1S/C14H15ClN2O3/c1-8(2)6-16-11(18)7-17-12-9(13(19)14(17)20)4-3-5-10(12)15/h3-5,8H,6-7H2,1-2H3,(H,16,18). The minimum absolute atomic E-state index is 0.200. The van der Waals surface area contributed by atoms with Crippen LogP contribution in [0.4, 0.5) is 5.69 Å². The van der Waals surface area contributed by atoms with Crippen molar-refractivity contribution in [3.05, 3.63) is 28.8 Å². The van der Waals surface area contributed by atoms with Crippen LogP contribution in [0.2, 0.25) is 5.02 Å². The predicted octanol–water partition coefficient (Wildman–Crippen LogP) is 1.64. The van der Waals surface area contributed by atoms with Gasteiger partial charge in [0.15, 0.2) is 0 Å². The van der Waals surface area contributed by atoms with Crippen molar-refractivity contribution in [2.24, 2.45) is 5.92 Å². The van der Waals surface area contributed by atoms with E-state index in [1.54, 1.807) is 12.1 Å². The average Bonchev–Trinajstić information content (AvgIpc) is 2.63. The summed E-state index contributed by atoms with van der Waals surface area (Å²) >= 11 is 6.03. The first-order valence-corrected chi connectivity index (χ1v) is 6.71. The van der Waals surface area contributed by atoms with Crippen LogP contribution in [0.5, 0.6) is 0 Å². The Balaban J connectivity index is 2.20. The Morgan fingerprint density at radius 2 is 2.05 bits per heavy atom. The number of benzene rings is 1. The molecule has 1 aliphatic heterocycles. The molecule has 20 heavy (non-hydrogen) atoms. The van der Waals surface area contributed by atoms with Crippen molar-refractivity contribution in [1.29, 1.82) is 0 Å². The van der Waals surface area contributed by atoms with Gasteiger partial charge in [-0.25, -0.2) is 0 Å². The van der Waals surface area contributed by atoms with E-state index in [1.165, 1.54) is 6.07 Å². The molecule has 0 fully saturated rings. The Hall–Kier alpha value is -1.88. The molecule has 0 spiro atoms. The zero-order chi connectivity index (χ0) is 14.9. The molecular formula is C14H15ClN2O3. The normalized spacial score (nSPS) is 13.9. The molecule has 0 unspecified atom stereocenters. The third-order valence-corrected chi connectivity index (χ3v) is 3.25. The number of Topliss-reactive ketones (excluding diaryl/α,β-unsaturated/α-hetero) is 1. The lowest BCUT2D eigenvalue weighted by Crippen LogP contribution is -2.41. The van der Waals surface area contributed by atoms with E-state index in [0.29, 0.717) is 23.2 Å². The van der Waals surface area contributed by atoms with Crippen LogP contribution in [0, 0.1) is 5.92 Å². The van der Waals surface area contributed by atoms with Gasteiger partial charge in [0.25, 0.3) is 11.7 Å². The lowest BCUT2D eigenvalue weighted by atomic mass is 10.1. The van der Waals surface area contributed by atoms with Crippen molar-refractivity contribution in [3.8, 4) is 0 Å². The molecule has 0 saturated heterocycles. The number of halogens is 1. The first-order valence-electron chi connectivity index (χ1n) is 6.33. The summed E-state index contributed by atoms with van der Waals surface area (Å²) in [6, 6.07) is 4.73. The minimum Gasteiger partial charge on any atom is -0.354 e. The molecule has 1 aromatic carbocycles. The highest BCUT2D eigenvalue weighted by Crippen LogP contribution is 2.35. The fraction of sp³-hybridized carbons (Fsp3) is 0.357. The van der Waals surface area contributed by atoms with E-state index in [4.69, 9.17) is 11.6 Å². The van der Waals surface area contributed by atoms with Crippen LogP contribution in [0.25, 0.3) is 0 Å². The lowest BCUT2D eigenvalue weighted by Gasteiger charge is -2.17. The van der Waals surface area contributed by atoms with Crippen LogP contribution < -0.4 is 10.2 Å². The van der Waals surface area contributed by atoms with Gasteiger partial charge in [-0.3, -0.25) is 19.3 Å². The van der Waals surface area contributed by atoms with Gasteiger partial charge >= 0.3 is 0 Å². The SMILES string of the molecule is CC(C)CNC(=O)CN1C(=O)C(=O)c2cccc(Cl)c21. The predicted molar refractivity (Wildman–Crippen MR) is 76.0 cm³/mol. The van der Waals surface area contributed by atoms with Gasteiger partial charge in [-0.05, 0) is 18.1 Å². The third-order valence-electron chi connectivity index (χ3n) is 2.95. The van der Waals surface area contributed by atoms with Crippen molar-refractivity contribution in [2.45, 2.75) is 13.8 Å². The number of fused-ring (bicyclic) bond motifs is 1. The molecule has 5 nitrogen and oxygen atoms in total. The topological polar surface area (TPSA) is 66.5 Å². The summed E-state index contributed by atoms with van der Waals surface area (Å²) in [6.45, 7) is 4.26. The van der Waals surface area contributed by atoms with Crippen molar-refractivity contribution in [1.82, 2.24) is 5.32 Å². The number of carbonyl (C=O) groups excluding carboxylic acids is 3. The summed E-state index contributed by atoms with van der Waals surface area (Å²) in [5, 5.41) is 3.00. The van der Waals surface area contributed by atoms with E-state index in [9.17, 15) is 14.4 Å². The largest absolute Gasteiger partial charge is 0.354 e. The number of rotatable bonds is 4. The molecule has 0 aliphatic carbocycles. The van der Waals surface area contributed by atoms with Crippen LogP contribution in [-0.4, -0.2) is 30.7 Å². The van der Waals surface area contributed by atoms with Crippen LogP contribution in [0.15, 0.2) is 18.2 Å². The van der Waals surface area contributed by atoms with Crippen molar-refractivity contribution in [2.75, 3.05) is 18.0 Å². The van der Waals surface area contributed by atoms with E-state index < -0.39 is 11.7 Å². The van der Waals surface area contributed by atoms with Crippen LogP contribution >= 0.6 is 11.6 Å². The Morgan fingerprint density at radius 1 is 1.35 bits per heavy atom. The molecule has 2 amide bonds. The molecule has 1 aromatic rings. The summed E-state index contributed by atoms with van der Waals surface area (Å²) in [6.07, 6.45) is 0. The summed E-state index contributed by atoms with van der Waals surface area (Å²) in [7, 11) is 0. The van der Waals surface area contributed by atoms with Crippen LogP contribution in [0.3, 0.4) is 0 Å². The second kappa shape index (κ2) is 5.63. The number of ketones is 1. The van der Waals surface area contributed by atoms with E-state index in [1.807, 2.05) is 13.8 Å². The number of amides is 2. The van der Waals surface area contributed by atoms with Gasteiger partial charge in [0.1, 0.15) is 6.54 Å². The smallest absolute Gasteiger partial charge is 0.300 e. The van der Waals surface area contributed by atoms with Gasteiger partial charge < -0.3 is 5.32 Å². The zero-order valence-electron chi connectivity index (χ0n) is 11.3. The number of anilines is 1. The third kappa shape index (κ3) is 2.67. The number of hydrogen-bond acceptors (Lipinski definition) is 3. The molecule has 0 saturated carbocycles. The van der Waals surface area contributed by atoms with E-state index >= 15 is 0 Å². The highest BCUT2D eigenvalue weighted by molar-refractivity contribution is 6.54. The fourth-order valence-electron chi connectivity index (χ4n) is 1.98. The van der Waals surface area contributed by atoms with E-state index in [-0.39, 0.29) is 18.0 Å². The molecule has 2 rings (SSSR count). The van der Waals surface area contributed by atoms with Crippen molar-refractivity contribution in [3.63, 3.8) is 0 Å². The number of nitrogens with zero attached hydrogens (tertiary/aromatic N) is 1. The molecule has 0 atom stereocenters. The highest BCUT2D eigenvalue weighted by Gasteiger charge is 2.38. The highest BCUT2D eigenvalue weighted by atomic mass is 35.5.